The number of halogens is 2. The predicted molar refractivity (Wildman–Crippen MR) is 375 cm³/mol. The van der Waals surface area contributed by atoms with Crippen molar-refractivity contribution >= 4 is 66.4 Å². The van der Waals surface area contributed by atoms with E-state index in [2.05, 4.69) is 315 Å². The smallest absolute Gasteiger partial charge is 0.148 e. The Labute approximate surface area is 521 Å². The zero-order valence-electron chi connectivity index (χ0n) is 54.3. The molecule has 0 atom stereocenters. The van der Waals surface area contributed by atoms with Gasteiger partial charge in [-0.3, -0.25) is 0 Å². The lowest BCUT2D eigenvalue weighted by molar-refractivity contribution is 0.590. The maximum Gasteiger partial charge on any atom is 0.148 e. The number of hydrogen-bond donors (Lipinski definition) is 0. The summed E-state index contributed by atoms with van der Waals surface area (Å²) >= 11 is 0. The fourth-order valence-corrected chi connectivity index (χ4v) is 12.7. The number of benzene rings is 12. The van der Waals surface area contributed by atoms with Gasteiger partial charge in [-0.1, -0.05) is 229 Å². The average molecular weight is 1160 g/mol. The molecular weight excluding hydrogens is 1070 g/mol. The fraction of sp³-hybridized carbons (Fsp3) is 0.238. The van der Waals surface area contributed by atoms with Crippen molar-refractivity contribution in [2.75, 3.05) is 9.80 Å². The summed E-state index contributed by atoms with van der Waals surface area (Å²) in [6.07, 6.45) is 0. The zero-order valence-corrected chi connectivity index (χ0v) is 54.3. The van der Waals surface area contributed by atoms with Gasteiger partial charge in [-0.05, 0) is 209 Å². The van der Waals surface area contributed by atoms with Gasteiger partial charge in [-0.25, -0.2) is 8.78 Å². The van der Waals surface area contributed by atoms with Crippen molar-refractivity contribution in [1.82, 2.24) is 0 Å². The lowest BCUT2D eigenvalue weighted by Gasteiger charge is -2.32. The van der Waals surface area contributed by atoms with E-state index in [4.69, 9.17) is 0 Å². The third-order valence-electron chi connectivity index (χ3n) is 18.5. The molecule has 0 aliphatic heterocycles. The van der Waals surface area contributed by atoms with E-state index >= 15 is 8.78 Å². The van der Waals surface area contributed by atoms with Crippen LogP contribution in [0.1, 0.15) is 128 Å². The fourth-order valence-electron chi connectivity index (χ4n) is 12.7. The summed E-state index contributed by atoms with van der Waals surface area (Å²) in [7, 11) is 0. The molecule has 12 aromatic rings. The molecular formula is C84H82F2N2. The highest BCUT2D eigenvalue weighted by Crippen LogP contribution is 2.53. The Morgan fingerprint density at radius 3 is 0.864 bits per heavy atom. The standard InChI is InChI=1S/C84H82F2N2/c1-51-17-39-67(45-53(51)3)87(79-71(57-23-35-65(36-24-57)83(11,12)13)47-61(49-73(79)85)55-19-31-63(32-20-55)81(5,6)7)75-43-29-59-28-42-70-76(44-30-60-27-41-69(75)77(59)78(60)70)88(68-40-18-52(2)54(4)46-68)80-72(58-25-37-66(38-26-58)84(14,15)16)48-62(50-74(80)86)56-21-33-64(34-22-56)82(8,9)10/h17-50H,1-16H3. The van der Waals surface area contributed by atoms with Crippen LogP contribution in [0.15, 0.2) is 206 Å². The van der Waals surface area contributed by atoms with Crippen molar-refractivity contribution < 1.29 is 8.78 Å². The number of hydrogen-bond acceptors (Lipinski definition) is 2. The quantitative estimate of drug-likeness (QED) is 0.126. The summed E-state index contributed by atoms with van der Waals surface area (Å²) in [4.78, 5) is 4.31. The van der Waals surface area contributed by atoms with E-state index in [1.165, 1.54) is 22.3 Å². The minimum Gasteiger partial charge on any atom is -0.307 e. The van der Waals surface area contributed by atoms with Crippen LogP contribution in [-0.2, 0) is 21.7 Å². The van der Waals surface area contributed by atoms with Crippen molar-refractivity contribution in [3.63, 3.8) is 0 Å². The van der Waals surface area contributed by atoms with Gasteiger partial charge in [0.2, 0.25) is 0 Å². The third-order valence-corrected chi connectivity index (χ3v) is 18.5. The van der Waals surface area contributed by atoms with E-state index in [-0.39, 0.29) is 33.3 Å². The van der Waals surface area contributed by atoms with Crippen LogP contribution < -0.4 is 9.80 Å². The van der Waals surface area contributed by atoms with Gasteiger partial charge in [0, 0.05) is 33.3 Å². The molecule has 0 radical (unpaired) electrons. The van der Waals surface area contributed by atoms with Crippen LogP contribution in [0, 0.1) is 39.3 Å². The monoisotopic (exact) mass is 1160 g/mol. The molecule has 88 heavy (non-hydrogen) atoms. The molecule has 442 valence electrons. The van der Waals surface area contributed by atoms with Gasteiger partial charge in [0.1, 0.15) is 11.6 Å². The minimum atomic E-state index is -0.332. The second-order valence-corrected chi connectivity index (χ2v) is 28.8. The van der Waals surface area contributed by atoms with E-state index < -0.39 is 0 Å². The molecule has 12 aromatic carbocycles. The second kappa shape index (κ2) is 22.1. The van der Waals surface area contributed by atoms with Gasteiger partial charge in [-0.2, -0.15) is 0 Å². The van der Waals surface area contributed by atoms with E-state index in [1.807, 2.05) is 0 Å². The van der Waals surface area contributed by atoms with Crippen molar-refractivity contribution in [3.8, 4) is 44.5 Å². The normalized spacial score (nSPS) is 12.4. The summed E-state index contributed by atoms with van der Waals surface area (Å²) in [5, 5.41) is 6.11. The summed E-state index contributed by atoms with van der Waals surface area (Å²) in [6, 6.07) is 72.8. The van der Waals surface area contributed by atoms with E-state index in [0.29, 0.717) is 11.4 Å². The van der Waals surface area contributed by atoms with Crippen LogP contribution in [0.5, 0.6) is 0 Å². The molecule has 0 aliphatic carbocycles. The third kappa shape index (κ3) is 11.1. The molecule has 0 aliphatic rings. The highest BCUT2D eigenvalue weighted by molar-refractivity contribution is 6.28. The predicted octanol–water partition coefficient (Wildman–Crippen LogP) is 24.9. The number of nitrogens with zero attached hydrogens (tertiary/aromatic N) is 2. The SMILES string of the molecule is Cc1ccc(N(c2c(F)cc(-c3ccc(C(C)(C)C)cc3)cc2-c2ccc(C(C)(C)C)cc2)c2ccc3ccc4c(N(c5ccc(C)c(C)c5)c5c(F)cc(-c6ccc(C(C)(C)C)cc6)cc5-c5ccc(C(C)(C)C)cc5)ccc5ccc2c3c54)cc1C. The Kier molecular flexibility index (Phi) is 14.9. The minimum absolute atomic E-state index is 0.0323. The van der Waals surface area contributed by atoms with Gasteiger partial charge in [0.15, 0.2) is 0 Å². The molecule has 0 saturated heterocycles. The van der Waals surface area contributed by atoms with Crippen LogP contribution in [0.3, 0.4) is 0 Å². The first kappa shape index (κ1) is 59.5. The molecule has 0 amide bonds. The Morgan fingerprint density at radius 2 is 0.568 bits per heavy atom. The summed E-state index contributed by atoms with van der Waals surface area (Å²) in [6.45, 7) is 35.1. The lowest BCUT2D eigenvalue weighted by atomic mass is 9.85. The maximum atomic E-state index is 18.5. The van der Waals surface area contributed by atoms with Gasteiger partial charge in [0.25, 0.3) is 0 Å². The number of aryl methyl sites for hydroxylation is 4. The Morgan fingerprint density at radius 1 is 0.273 bits per heavy atom. The molecule has 0 N–H and O–H groups in total. The molecule has 0 unspecified atom stereocenters. The Balaban J connectivity index is 1.12. The highest BCUT2D eigenvalue weighted by atomic mass is 19.1. The summed E-state index contributed by atoms with van der Waals surface area (Å²) in [5.41, 5.74) is 20.3. The number of rotatable bonds is 10. The number of anilines is 6. The molecule has 0 aromatic heterocycles. The van der Waals surface area contributed by atoms with Crippen molar-refractivity contribution in [2.24, 2.45) is 0 Å². The van der Waals surface area contributed by atoms with Gasteiger partial charge >= 0.3 is 0 Å². The van der Waals surface area contributed by atoms with Crippen LogP contribution in [0.25, 0.3) is 76.8 Å². The van der Waals surface area contributed by atoms with Crippen LogP contribution >= 0.6 is 0 Å². The second-order valence-electron chi connectivity index (χ2n) is 28.8. The van der Waals surface area contributed by atoms with Crippen molar-refractivity contribution in [1.29, 1.82) is 0 Å². The Bertz CT molecular complexity index is 4320. The molecule has 0 bridgehead atoms. The van der Waals surface area contributed by atoms with E-state index in [9.17, 15) is 0 Å². The molecule has 12 rings (SSSR count). The average Bonchev–Trinajstić information content (AvgIpc) is 0.734. The molecule has 4 heteroatoms. The van der Waals surface area contributed by atoms with Crippen LogP contribution in [0.2, 0.25) is 0 Å². The van der Waals surface area contributed by atoms with Gasteiger partial charge in [-0.15, -0.1) is 0 Å². The summed E-state index contributed by atoms with van der Waals surface area (Å²) < 4.78 is 37.0. The van der Waals surface area contributed by atoms with E-state index in [0.717, 1.165) is 122 Å². The van der Waals surface area contributed by atoms with Crippen LogP contribution in [0.4, 0.5) is 42.9 Å². The first-order valence-corrected chi connectivity index (χ1v) is 31.2. The first-order chi connectivity index (χ1) is 41.6. The van der Waals surface area contributed by atoms with Crippen molar-refractivity contribution in [3.05, 3.63) is 262 Å². The Hall–Kier alpha value is -8.86. The molecule has 0 saturated carbocycles. The lowest BCUT2D eigenvalue weighted by Crippen LogP contribution is -2.15. The van der Waals surface area contributed by atoms with Gasteiger partial charge in [0.05, 0.1) is 22.7 Å². The summed E-state index contributed by atoms with van der Waals surface area (Å²) in [5.74, 6) is -0.664. The maximum absolute atomic E-state index is 18.5. The molecule has 0 fully saturated rings. The zero-order chi connectivity index (χ0) is 62.5. The van der Waals surface area contributed by atoms with Crippen molar-refractivity contribution in [2.45, 2.75) is 132 Å². The van der Waals surface area contributed by atoms with Crippen LogP contribution in [-0.4, -0.2) is 0 Å². The van der Waals surface area contributed by atoms with E-state index in [1.54, 1.807) is 12.1 Å². The first-order valence-electron chi connectivity index (χ1n) is 31.2. The van der Waals surface area contributed by atoms with Gasteiger partial charge < -0.3 is 9.80 Å². The molecule has 0 spiro atoms. The topological polar surface area (TPSA) is 6.48 Å². The molecule has 0 heterocycles. The highest BCUT2D eigenvalue weighted by Gasteiger charge is 2.30. The largest absolute Gasteiger partial charge is 0.307 e. The molecule has 2 nitrogen and oxygen atoms in total.